The van der Waals surface area contributed by atoms with Gasteiger partial charge in [0.25, 0.3) is 0 Å². The molecule has 0 aliphatic carbocycles. The monoisotopic (exact) mass is 244 g/mol. The van der Waals surface area contributed by atoms with E-state index in [2.05, 4.69) is 41.4 Å². The number of rotatable bonds is 5. The number of pyridine rings is 1. The van der Waals surface area contributed by atoms with Crippen LogP contribution in [-0.4, -0.2) is 14.8 Å². The van der Waals surface area contributed by atoms with E-state index in [4.69, 9.17) is 0 Å². The molecule has 0 saturated carbocycles. The van der Waals surface area contributed by atoms with Crippen LogP contribution in [0.1, 0.15) is 29.6 Å². The van der Waals surface area contributed by atoms with E-state index in [-0.39, 0.29) is 0 Å². The lowest BCUT2D eigenvalue weighted by molar-refractivity contribution is 0.616. The van der Waals surface area contributed by atoms with Crippen molar-refractivity contribution in [2.75, 3.05) is 0 Å². The number of hydrogen-bond donors (Lipinski definition) is 1. The highest BCUT2D eigenvalue weighted by Gasteiger charge is 2.04. The largest absolute Gasteiger partial charge is 0.306 e. The third-order valence-corrected chi connectivity index (χ3v) is 3.11. The summed E-state index contributed by atoms with van der Waals surface area (Å²) >= 11 is 0. The number of aromatic nitrogens is 3. The van der Waals surface area contributed by atoms with Crippen LogP contribution in [-0.2, 0) is 26.6 Å². The topological polar surface area (TPSA) is 42.7 Å². The first-order valence-electron chi connectivity index (χ1n) is 6.33. The molecule has 0 unspecified atom stereocenters. The van der Waals surface area contributed by atoms with Gasteiger partial charge in [0.15, 0.2) is 0 Å². The van der Waals surface area contributed by atoms with E-state index < -0.39 is 0 Å². The van der Waals surface area contributed by atoms with Crippen molar-refractivity contribution in [1.82, 2.24) is 20.1 Å². The third kappa shape index (κ3) is 2.96. The average molecular weight is 244 g/mol. The summed E-state index contributed by atoms with van der Waals surface area (Å²) in [5.74, 6) is 0. The summed E-state index contributed by atoms with van der Waals surface area (Å²) in [6, 6.07) is 6.20. The summed E-state index contributed by atoms with van der Waals surface area (Å²) in [6.07, 6.45) is 2.82. The molecule has 0 atom stereocenters. The highest BCUT2D eigenvalue weighted by atomic mass is 15.3. The summed E-state index contributed by atoms with van der Waals surface area (Å²) in [7, 11) is 1.99. The van der Waals surface area contributed by atoms with Crippen molar-refractivity contribution in [3.05, 3.63) is 47.0 Å². The van der Waals surface area contributed by atoms with Gasteiger partial charge in [-0.1, -0.05) is 13.0 Å². The van der Waals surface area contributed by atoms with E-state index >= 15 is 0 Å². The van der Waals surface area contributed by atoms with E-state index in [0.717, 1.165) is 30.9 Å². The standard InChI is InChI=1S/C14H20N4/c1-4-12-8-13(18(3)17-12)9-15-10-14-11(2)6-5-7-16-14/h5-8,15H,4,9-10H2,1-3H3. The highest BCUT2D eigenvalue weighted by molar-refractivity contribution is 5.17. The SMILES string of the molecule is CCc1cc(CNCc2ncccc2C)n(C)n1. The Morgan fingerprint density at radius 1 is 1.33 bits per heavy atom. The molecule has 2 aromatic heterocycles. The van der Waals surface area contributed by atoms with Gasteiger partial charge in [-0.15, -0.1) is 0 Å². The van der Waals surface area contributed by atoms with Crippen molar-refractivity contribution in [2.24, 2.45) is 7.05 Å². The Morgan fingerprint density at radius 3 is 2.83 bits per heavy atom. The minimum atomic E-state index is 0.791. The van der Waals surface area contributed by atoms with E-state index in [1.807, 2.05) is 24.0 Å². The first-order valence-corrected chi connectivity index (χ1v) is 6.33. The normalized spacial score (nSPS) is 10.8. The third-order valence-electron chi connectivity index (χ3n) is 3.11. The van der Waals surface area contributed by atoms with Gasteiger partial charge in [0, 0.05) is 26.3 Å². The lowest BCUT2D eigenvalue weighted by atomic mass is 10.2. The van der Waals surface area contributed by atoms with Gasteiger partial charge in [0.2, 0.25) is 0 Å². The molecule has 18 heavy (non-hydrogen) atoms. The van der Waals surface area contributed by atoms with Crippen LogP contribution in [0.2, 0.25) is 0 Å². The fourth-order valence-corrected chi connectivity index (χ4v) is 1.92. The summed E-state index contributed by atoms with van der Waals surface area (Å²) in [5.41, 5.74) is 4.68. The second-order valence-corrected chi connectivity index (χ2v) is 4.47. The Kier molecular flexibility index (Phi) is 4.10. The van der Waals surface area contributed by atoms with Crippen LogP contribution in [0.15, 0.2) is 24.4 Å². The molecule has 2 heterocycles. The van der Waals surface area contributed by atoms with Crippen molar-refractivity contribution in [3.8, 4) is 0 Å². The number of aryl methyl sites for hydroxylation is 3. The van der Waals surface area contributed by atoms with Crippen molar-refractivity contribution in [3.63, 3.8) is 0 Å². The van der Waals surface area contributed by atoms with Gasteiger partial charge in [0.05, 0.1) is 17.1 Å². The molecule has 0 aliphatic rings. The van der Waals surface area contributed by atoms with Gasteiger partial charge in [0.1, 0.15) is 0 Å². The van der Waals surface area contributed by atoms with Crippen molar-refractivity contribution < 1.29 is 0 Å². The van der Waals surface area contributed by atoms with Gasteiger partial charge in [-0.05, 0) is 31.0 Å². The zero-order valence-corrected chi connectivity index (χ0v) is 11.3. The molecule has 2 rings (SSSR count). The molecule has 0 radical (unpaired) electrons. The second kappa shape index (κ2) is 5.78. The first kappa shape index (κ1) is 12.8. The fraction of sp³-hybridized carbons (Fsp3) is 0.429. The maximum atomic E-state index is 4.43. The smallest absolute Gasteiger partial charge is 0.0625 e. The number of hydrogen-bond acceptors (Lipinski definition) is 3. The van der Waals surface area contributed by atoms with Crippen LogP contribution in [0.25, 0.3) is 0 Å². The van der Waals surface area contributed by atoms with Crippen LogP contribution in [0.5, 0.6) is 0 Å². The molecule has 0 aromatic carbocycles. The maximum Gasteiger partial charge on any atom is 0.0625 e. The van der Waals surface area contributed by atoms with E-state index in [1.54, 1.807) is 0 Å². The quantitative estimate of drug-likeness (QED) is 0.874. The Hall–Kier alpha value is -1.68. The van der Waals surface area contributed by atoms with Gasteiger partial charge in [-0.2, -0.15) is 5.10 Å². The van der Waals surface area contributed by atoms with Crippen LogP contribution >= 0.6 is 0 Å². The predicted molar refractivity (Wildman–Crippen MR) is 72.1 cm³/mol. The van der Waals surface area contributed by atoms with Crippen LogP contribution in [0.3, 0.4) is 0 Å². The minimum absolute atomic E-state index is 0.791. The van der Waals surface area contributed by atoms with Gasteiger partial charge < -0.3 is 5.32 Å². The molecule has 0 aliphatic heterocycles. The molecule has 0 bridgehead atoms. The summed E-state index contributed by atoms with van der Waals surface area (Å²) in [5, 5.41) is 7.85. The van der Waals surface area contributed by atoms with Gasteiger partial charge in [-0.25, -0.2) is 0 Å². The summed E-state index contributed by atoms with van der Waals surface area (Å²) in [4.78, 5) is 4.37. The molecular weight excluding hydrogens is 224 g/mol. The fourth-order valence-electron chi connectivity index (χ4n) is 1.92. The number of nitrogens with zero attached hydrogens (tertiary/aromatic N) is 3. The first-order chi connectivity index (χ1) is 8.70. The molecule has 4 heteroatoms. The van der Waals surface area contributed by atoms with Gasteiger partial charge >= 0.3 is 0 Å². The number of nitrogens with one attached hydrogen (secondary N) is 1. The Morgan fingerprint density at radius 2 is 2.17 bits per heavy atom. The molecule has 0 fully saturated rings. The van der Waals surface area contributed by atoms with Crippen LogP contribution < -0.4 is 5.32 Å². The van der Waals surface area contributed by atoms with Crippen molar-refractivity contribution in [2.45, 2.75) is 33.4 Å². The average Bonchev–Trinajstić information content (AvgIpc) is 2.73. The van der Waals surface area contributed by atoms with Crippen LogP contribution in [0, 0.1) is 6.92 Å². The van der Waals surface area contributed by atoms with Crippen molar-refractivity contribution in [1.29, 1.82) is 0 Å². The minimum Gasteiger partial charge on any atom is -0.306 e. The lowest BCUT2D eigenvalue weighted by Crippen LogP contribution is -2.16. The zero-order valence-electron chi connectivity index (χ0n) is 11.3. The Balaban J connectivity index is 1.92. The summed E-state index contributed by atoms with van der Waals surface area (Å²) in [6.45, 7) is 5.82. The van der Waals surface area contributed by atoms with E-state index in [9.17, 15) is 0 Å². The second-order valence-electron chi connectivity index (χ2n) is 4.47. The maximum absolute atomic E-state index is 4.43. The van der Waals surface area contributed by atoms with E-state index in [0.29, 0.717) is 0 Å². The highest BCUT2D eigenvalue weighted by Crippen LogP contribution is 2.05. The van der Waals surface area contributed by atoms with Gasteiger partial charge in [-0.3, -0.25) is 9.67 Å². The summed E-state index contributed by atoms with van der Waals surface area (Å²) < 4.78 is 1.94. The molecule has 0 spiro atoms. The van der Waals surface area contributed by atoms with E-state index in [1.165, 1.54) is 11.3 Å². The molecule has 1 N–H and O–H groups in total. The molecular formula is C14H20N4. The molecule has 2 aromatic rings. The Bertz CT molecular complexity index is 516. The molecule has 0 amide bonds. The predicted octanol–water partition coefficient (Wildman–Crippen LogP) is 1.98. The molecule has 96 valence electrons. The lowest BCUT2D eigenvalue weighted by Gasteiger charge is -2.06. The molecule has 4 nitrogen and oxygen atoms in total. The van der Waals surface area contributed by atoms with Crippen molar-refractivity contribution >= 4 is 0 Å². The van der Waals surface area contributed by atoms with Crippen LogP contribution in [0.4, 0.5) is 0 Å². The Labute approximate surface area is 108 Å². The zero-order chi connectivity index (χ0) is 13.0. The molecule has 0 saturated heterocycles.